The summed E-state index contributed by atoms with van der Waals surface area (Å²) in [4.78, 5) is 14.8. The summed E-state index contributed by atoms with van der Waals surface area (Å²) in [5, 5.41) is 21.9. The third-order valence-electron chi connectivity index (χ3n) is 6.66. The molecule has 0 saturated heterocycles. The lowest BCUT2D eigenvalue weighted by atomic mass is 9.91. The molecule has 3 aromatic carbocycles. The Morgan fingerprint density at radius 2 is 1.85 bits per heavy atom. The topological polar surface area (TPSA) is 104 Å². The van der Waals surface area contributed by atoms with Crippen LogP contribution in [0, 0.1) is 24.1 Å². The number of nitriles is 1. The number of aliphatic hydroxyl groups excluding tert-OH is 1. The number of amides is 1. The summed E-state index contributed by atoms with van der Waals surface area (Å²) in [6.07, 6.45) is -0.934. The first-order valence-electron chi connectivity index (χ1n) is 12.5. The number of hydrogen-bond donors (Lipinski definition) is 2. The largest absolute Gasteiger partial charge is 0.496 e. The predicted octanol–water partition coefficient (Wildman–Crippen LogP) is 5.21. The van der Waals surface area contributed by atoms with Crippen molar-refractivity contribution in [3.05, 3.63) is 65.5 Å². The van der Waals surface area contributed by atoms with Crippen LogP contribution in [0.5, 0.6) is 17.2 Å². The Balaban J connectivity index is 1.79. The Morgan fingerprint density at radius 3 is 2.56 bits per heavy atom. The minimum absolute atomic E-state index is 0.0322. The number of benzene rings is 3. The second kappa shape index (κ2) is 11.2. The van der Waals surface area contributed by atoms with Gasteiger partial charge in [0.2, 0.25) is 0 Å². The van der Waals surface area contributed by atoms with Crippen molar-refractivity contribution in [1.82, 2.24) is 0 Å². The Hall–Kier alpha value is -4.29. The van der Waals surface area contributed by atoms with E-state index in [-0.39, 0.29) is 25.5 Å². The molecule has 39 heavy (non-hydrogen) atoms. The minimum Gasteiger partial charge on any atom is -0.496 e. The number of rotatable bonds is 9. The van der Waals surface area contributed by atoms with Gasteiger partial charge < -0.3 is 29.5 Å². The Labute approximate surface area is 227 Å². The SMILES string of the molecule is COc1cc(OC[C@@H](O)CC#N)ccc1-c1ccc2c(c1COc1cc(F)ccc1C)N(C)C(=O)C(C)(C)N2. The van der Waals surface area contributed by atoms with E-state index in [2.05, 4.69) is 5.32 Å². The van der Waals surface area contributed by atoms with Crippen LogP contribution in [0.1, 0.15) is 31.4 Å². The van der Waals surface area contributed by atoms with Crippen molar-refractivity contribution in [2.75, 3.05) is 31.0 Å². The van der Waals surface area contributed by atoms with E-state index in [0.29, 0.717) is 28.5 Å². The molecular formula is C30H32FN3O5. The van der Waals surface area contributed by atoms with Crippen LogP contribution in [0.15, 0.2) is 48.5 Å². The van der Waals surface area contributed by atoms with Gasteiger partial charge in [-0.3, -0.25) is 4.79 Å². The smallest absolute Gasteiger partial charge is 0.251 e. The van der Waals surface area contributed by atoms with E-state index in [1.165, 1.54) is 19.2 Å². The highest BCUT2D eigenvalue weighted by atomic mass is 19.1. The van der Waals surface area contributed by atoms with Crippen molar-refractivity contribution in [3.63, 3.8) is 0 Å². The first-order valence-corrected chi connectivity index (χ1v) is 12.5. The first-order chi connectivity index (χ1) is 18.6. The molecule has 9 heteroatoms. The van der Waals surface area contributed by atoms with Gasteiger partial charge in [-0.05, 0) is 56.2 Å². The second-order valence-corrected chi connectivity index (χ2v) is 9.99. The maximum atomic E-state index is 14.0. The number of carbonyl (C=O) groups is 1. The van der Waals surface area contributed by atoms with Crippen LogP contribution < -0.4 is 24.4 Å². The highest BCUT2D eigenvalue weighted by Crippen LogP contribution is 2.45. The summed E-state index contributed by atoms with van der Waals surface area (Å²) in [6, 6.07) is 15.4. The zero-order valence-corrected chi connectivity index (χ0v) is 22.7. The monoisotopic (exact) mass is 533 g/mol. The molecule has 0 bridgehead atoms. The van der Waals surface area contributed by atoms with E-state index in [4.69, 9.17) is 19.5 Å². The summed E-state index contributed by atoms with van der Waals surface area (Å²) in [6.45, 7) is 5.51. The van der Waals surface area contributed by atoms with Crippen molar-refractivity contribution in [3.8, 4) is 34.4 Å². The number of aliphatic hydroxyl groups is 1. The van der Waals surface area contributed by atoms with Crippen molar-refractivity contribution in [2.24, 2.45) is 0 Å². The number of anilines is 2. The van der Waals surface area contributed by atoms with Gasteiger partial charge in [0.15, 0.2) is 0 Å². The van der Waals surface area contributed by atoms with E-state index in [1.807, 2.05) is 45.0 Å². The average Bonchev–Trinajstić information content (AvgIpc) is 2.90. The number of nitrogens with one attached hydrogen (secondary N) is 1. The van der Waals surface area contributed by atoms with Crippen LogP contribution in [0.4, 0.5) is 15.8 Å². The van der Waals surface area contributed by atoms with E-state index in [0.717, 1.165) is 22.4 Å². The number of likely N-dealkylation sites (N-methyl/N-ethyl adjacent to an activating group) is 1. The van der Waals surface area contributed by atoms with Crippen LogP contribution in [0.25, 0.3) is 11.1 Å². The fraction of sp³-hybridized carbons (Fsp3) is 0.333. The molecule has 1 aliphatic heterocycles. The van der Waals surface area contributed by atoms with Crippen LogP contribution in [-0.2, 0) is 11.4 Å². The maximum absolute atomic E-state index is 14.0. The summed E-state index contributed by atoms with van der Waals surface area (Å²) in [5.41, 5.74) is 3.62. The number of ether oxygens (including phenoxy) is 3. The molecule has 0 spiro atoms. The van der Waals surface area contributed by atoms with Gasteiger partial charge >= 0.3 is 0 Å². The van der Waals surface area contributed by atoms with E-state index in [1.54, 1.807) is 30.1 Å². The predicted molar refractivity (Wildman–Crippen MR) is 147 cm³/mol. The summed E-state index contributed by atoms with van der Waals surface area (Å²) >= 11 is 0. The molecule has 1 heterocycles. The molecule has 0 radical (unpaired) electrons. The van der Waals surface area contributed by atoms with Crippen molar-refractivity contribution >= 4 is 17.3 Å². The number of nitrogens with zero attached hydrogens (tertiary/aromatic N) is 2. The highest BCUT2D eigenvalue weighted by Gasteiger charge is 2.38. The zero-order valence-electron chi connectivity index (χ0n) is 22.7. The molecular weight excluding hydrogens is 501 g/mol. The summed E-state index contributed by atoms with van der Waals surface area (Å²) < 4.78 is 31.5. The lowest BCUT2D eigenvalue weighted by Crippen LogP contribution is -2.52. The quantitative estimate of drug-likeness (QED) is 0.389. The first kappa shape index (κ1) is 27.7. The molecule has 1 atom stereocenters. The fourth-order valence-corrected chi connectivity index (χ4v) is 4.65. The van der Waals surface area contributed by atoms with Gasteiger partial charge in [0.1, 0.15) is 47.9 Å². The van der Waals surface area contributed by atoms with Crippen LogP contribution in [0.3, 0.4) is 0 Å². The van der Waals surface area contributed by atoms with Crippen molar-refractivity contribution in [2.45, 2.75) is 45.4 Å². The molecule has 0 unspecified atom stereocenters. The van der Waals surface area contributed by atoms with Gasteiger partial charge in [-0.1, -0.05) is 12.1 Å². The molecule has 1 aliphatic rings. The number of hydrogen-bond acceptors (Lipinski definition) is 7. The third kappa shape index (κ3) is 5.76. The molecule has 0 aromatic heterocycles. The van der Waals surface area contributed by atoms with Gasteiger partial charge in [0.05, 0.1) is 31.0 Å². The normalized spacial score (nSPS) is 14.6. The molecule has 0 saturated carbocycles. The average molecular weight is 534 g/mol. The van der Waals surface area contributed by atoms with Gasteiger partial charge in [0, 0.05) is 30.3 Å². The van der Waals surface area contributed by atoms with Gasteiger partial charge in [-0.25, -0.2) is 4.39 Å². The summed E-state index contributed by atoms with van der Waals surface area (Å²) in [5.74, 6) is 0.863. The Morgan fingerprint density at radius 1 is 1.10 bits per heavy atom. The van der Waals surface area contributed by atoms with E-state index in [9.17, 15) is 14.3 Å². The maximum Gasteiger partial charge on any atom is 0.251 e. The number of aryl methyl sites for hydroxylation is 1. The van der Waals surface area contributed by atoms with E-state index < -0.39 is 17.5 Å². The molecule has 3 aromatic rings. The van der Waals surface area contributed by atoms with Gasteiger partial charge in [-0.2, -0.15) is 5.26 Å². The molecule has 0 fully saturated rings. The van der Waals surface area contributed by atoms with Gasteiger partial charge in [-0.15, -0.1) is 0 Å². The van der Waals surface area contributed by atoms with E-state index >= 15 is 0 Å². The number of carbonyl (C=O) groups excluding carboxylic acids is 1. The molecule has 4 rings (SSSR count). The standard InChI is InChI=1S/C30H32FN3O5/c1-18-6-7-19(31)14-26(18)39-17-24-22(10-11-25-28(24)34(4)29(36)30(2,3)33-25)23-9-8-21(15-27(23)37-5)38-16-20(35)12-13-32/h6-11,14-15,20,33,35H,12,16-17H2,1-5H3/t20-/m0/s1. The number of methoxy groups -OCH3 is 1. The zero-order chi connectivity index (χ0) is 28.3. The summed E-state index contributed by atoms with van der Waals surface area (Å²) in [7, 11) is 3.27. The highest BCUT2D eigenvalue weighted by molar-refractivity contribution is 6.08. The molecule has 204 valence electrons. The lowest BCUT2D eigenvalue weighted by Gasteiger charge is -2.39. The van der Waals surface area contributed by atoms with Crippen molar-refractivity contribution in [1.29, 1.82) is 5.26 Å². The van der Waals surface area contributed by atoms with Crippen LogP contribution in [-0.4, -0.2) is 43.4 Å². The Kier molecular flexibility index (Phi) is 7.98. The Bertz CT molecular complexity index is 1430. The second-order valence-electron chi connectivity index (χ2n) is 9.99. The van der Waals surface area contributed by atoms with Crippen LogP contribution in [0.2, 0.25) is 0 Å². The number of fused-ring (bicyclic) bond motifs is 1. The molecule has 1 amide bonds. The third-order valence-corrected chi connectivity index (χ3v) is 6.66. The minimum atomic E-state index is -0.902. The lowest BCUT2D eigenvalue weighted by molar-refractivity contribution is -0.121. The molecule has 8 nitrogen and oxygen atoms in total. The molecule has 2 N–H and O–H groups in total. The number of halogens is 1. The van der Waals surface area contributed by atoms with Gasteiger partial charge in [0.25, 0.3) is 5.91 Å². The molecule has 0 aliphatic carbocycles. The van der Waals surface area contributed by atoms with Crippen LogP contribution >= 0.6 is 0 Å². The fourth-order valence-electron chi connectivity index (χ4n) is 4.65. The van der Waals surface area contributed by atoms with Crippen molar-refractivity contribution < 1.29 is 28.5 Å².